The fraction of sp³-hybridized carbons (Fsp3) is 0.630. The quantitative estimate of drug-likeness (QED) is 0.157. The van der Waals surface area contributed by atoms with Gasteiger partial charge in [0.25, 0.3) is 0 Å². The van der Waals surface area contributed by atoms with Crippen LogP contribution in [0.25, 0.3) is 0 Å². The van der Waals surface area contributed by atoms with E-state index in [9.17, 15) is 24.3 Å². The number of alkyl carbamates (subject to hydrolysis) is 1. The molecule has 10 nitrogen and oxygen atoms in total. The zero-order valence-electron chi connectivity index (χ0n) is 23.3. The number of hydrogen-bond acceptors (Lipinski definition) is 8. The number of rotatable bonds is 14. The monoisotopic (exact) mass is 553 g/mol. The summed E-state index contributed by atoms with van der Waals surface area (Å²) in [5.74, 6) is -1.74. The lowest BCUT2D eigenvalue weighted by atomic mass is 9.99. The third-order valence-electron chi connectivity index (χ3n) is 5.51. The first-order valence-corrected chi connectivity index (χ1v) is 13.6. The summed E-state index contributed by atoms with van der Waals surface area (Å²) in [5.41, 5.74) is -0.00636. The van der Waals surface area contributed by atoms with E-state index >= 15 is 0 Å². The molecule has 38 heavy (non-hydrogen) atoms. The van der Waals surface area contributed by atoms with Crippen LogP contribution in [-0.4, -0.2) is 71.0 Å². The van der Waals surface area contributed by atoms with Crippen LogP contribution < -0.4 is 10.6 Å². The lowest BCUT2D eigenvalue weighted by Crippen LogP contribution is -2.54. The Morgan fingerprint density at radius 2 is 1.82 bits per heavy atom. The minimum atomic E-state index is -1.22. The number of hydrogen-bond donors (Lipinski definition) is 4. The van der Waals surface area contributed by atoms with E-state index in [1.165, 1.54) is 4.90 Å². The molecule has 2 unspecified atom stereocenters. The zero-order chi connectivity index (χ0) is 28.9. The molecule has 1 rings (SSSR count). The molecule has 3 N–H and O–H groups in total. The summed E-state index contributed by atoms with van der Waals surface area (Å²) in [4.78, 5) is 52.9. The van der Waals surface area contributed by atoms with E-state index in [2.05, 4.69) is 23.3 Å². The number of esters is 1. The Bertz CT molecular complexity index is 949. The van der Waals surface area contributed by atoms with Crippen molar-refractivity contribution in [2.75, 3.05) is 25.4 Å². The van der Waals surface area contributed by atoms with Crippen molar-refractivity contribution in [3.05, 3.63) is 29.3 Å². The number of ether oxygens (including phenoxy) is 2. The van der Waals surface area contributed by atoms with Crippen molar-refractivity contribution in [1.29, 1.82) is 0 Å². The molecule has 0 saturated heterocycles. The van der Waals surface area contributed by atoms with Crippen molar-refractivity contribution in [2.45, 2.75) is 84.9 Å². The summed E-state index contributed by atoms with van der Waals surface area (Å²) in [6.07, 6.45) is 1.43. The van der Waals surface area contributed by atoms with E-state index in [4.69, 9.17) is 9.47 Å². The number of benzene rings is 1. The Balaban J connectivity index is 3.40. The zero-order valence-corrected chi connectivity index (χ0v) is 24.2. The predicted octanol–water partition coefficient (Wildman–Crippen LogP) is 3.65. The number of thiol groups is 1. The number of amides is 3. The van der Waals surface area contributed by atoms with Crippen molar-refractivity contribution >= 4 is 36.5 Å². The number of nitrogens with zero attached hydrogens (tertiary/aromatic N) is 1. The summed E-state index contributed by atoms with van der Waals surface area (Å²) in [5, 5.41) is 16.1. The SMILES string of the molecule is CCCCCN(C(=O)C(CS)NC(=O)OC(C)(C)C)C(C(=O)NCCC(=O)OCC)c1cccc(C)c1O. The maximum absolute atomic E-state index is 13.8. The van der Waals surface area contributed by atoms with Crippen molar-refractivity contribution < 1.29 is 33.8 Å². The highest BCUT2D eigenvalue weighted by molar-refractivity contribution is 7.80. The van der Waals surface area contributed by atoms with Crippen molar-refractivity contribution in [3.8, 4) is 5.75 Å². The van der Waals surface area contributed by atoms with Gasteiger partial charge in [-0.15, -0.1) is 0 Å². The number of para-hydroxylation sites is 1. The molecule has 0 aliphatic carbocycles. The van der Waals surface area contributed by atoms with Gasteiger partial charge in [0, 0.05) is 24.4 Å². The first-order chi connectivity index (χ1) is 17.9. The maximum Gasteiger partial charge on any atom is 0.408 e. The Morgan fingerprint density at radius 1 is 1.13 bits per heavy atom. The van der Waals surface area contributed by atoms with Crippen LogP contribution in [-0.2, 0) is 23.9 Å². The highest BCUT2D eigenvalue weighted by Gasteiger charge is 2.37. The standard InChI is InChI=1S/C27H43N3O7S/c1-7-9-10-16-30(25(34)20(17-38)29-26(35)37-27(4,5)6)22(19-13-11-12-18(3)23(19)32)24(33)28-15-14-21(31)36-8-2/h11-13,20,22,32,38H,7-10,14-17H2,1-6H3,(H,28,33)(H,29,35). The first-order valence-electron chi connectivity index (χ1n) is 13.0. The summed E-state index contributed by atoms with van der Waals surface area (Å²) in [7, 11) is 0. The van der Waals surface area contributed by atoms with Crippen LogP contribution in [0.3, 0.4) is 0 Å². The highest BCUT2D eigenvalue weighted by Crippen LogP contribution is 2.32. The summed E-state index contributed by atoms with van der Waals surface area (Å²) in [6, 6.07) is 2.65. The van der Waals surface area contributed by atoms with Gasteiger partial charge in [0.2, 0.25) is 11.8 Å². The fourth-order valence-corrected chi connectivity index (χ4v) is 3.95. The average molecular weight is 554 g/mol. The molecule has 3 amide bonds. The van der Waals surface area contributed by atoms with Crippen molar-refractivity contribution in [3.63, 3.8) is 0 Å². The molecule has 0 fully saturated rings. The normalized spacial score (nSPS) is 12.7. The molecule has 2 atom stereocenters. The van der Waals surface area contributed by atoms with Gasteiger partial charge in [0.15, 0.2) is 0 Å². The molecule has 0 bridgehead atoms. The first kappa shape index (κ1) is 33.1. The lowest BCUT2D eigenvalue weighted by Gasteiger charge is -2.34. The van der Waals surface area contributed by atoms with Crippen LogP contribution in [0.5, 0.6) is 5.75 Å². The summed E-state index contributed by atoms with van der Waals surface area (Å²) < 4.78 is 10.2. The van der Waals surface area contributed by atoms with Crippen LogP contribution in [0.4, 0.5) is 4.79 Å². The third-order valence-corrected chi connectivity index (χ3v) is 5.88. The van der Waals surface area contributed by atoms with Crippen LogP contribution in [0.15, 0.2) is 18.2 Å². The molecule has 11 heteroatoms. The van der Waals surface area contributed by atoms with Gasteiger partial charge < -0.3 is 30.1 Å². The van der Waals surface area contributed by atoms with Crippen molar-refractivity contribution in [1.82, 2.24) is 15.5 Å². The van der Waals surface area contributed by atoms with E-state index in [1.54, 1.807) is 52.8 Å². The molecule has 0 saturated carbocycles. The van der Waals surface area contributed by atoms with Gasteiger partial charge in [-0.1, -0.05) is 38.0 Å². The Hall–Kier alpha value is -2.95. The smallest absolute Gasteiger partial charge is 0.408 e. The number of phenols is 1. The molecule has 0 aromatic heterocycles. The topological polar surface area (TPSA) is 134 Å². The van der Waals surface area contributed by atoms with Gasteiger partial charge in [-0.25, -0.2) is 4.79 Å². The number of aryl methyl sites for hydroxylation is 1. The number of carbonyl (C=O) groups excluding carboxylic acids is 4. The van der Waals surface area contributed by atoms with Gasteiger partial charge in [0.05, 0.1) is 13.0 Å². The molecule has 1 aromatic carbocycles. The third kappa shape index (κ3) is 10.8. The Morgan fingerprint density at radius 3 is 2.39 bits per heavy atom. The van der Waals surface area contributed by atoms with Crippen molar-refractivity contribution in [2.24, 2.45) is 0 Å². The second kappa shape index (κ2) is 16.1. The van der Waals surface area contributed by atoms with Crippen LogP contribution >= 0.6 is 12.6 Å². The van der Waals surface area contributed by atoms with E-state index in [-0.39, 0.29) is 43.2 Å². The number of carbonyl (C=O) groups is 4. The largest absolute Gasteiger partial charge is 0.507 e. The number of aromatic hydroxyl groups is 1. The van der Waals surface area contributed by atoms with E-state index in [0.717, 1.165) is 12.8 Å². The molecule has 214 valence electrons. The van der Waals surface area contributed by atoms with Gasteiger partial charge in [-0.3, -0.25) is 14.4 Å². The van der Waals surface area contributed by atoms with E-state index in [0.29, 0.717) is 12.0 Å². The van der Waals surface area contributed by atoms with Gasteiger partial charge >= 0.3 is 12.1 Å². The number of unbranched alkanes of at least 4 members (excludes halogenated alkanes) is 2. The Kier molecular flexibility index (Phi) is 14.0. The minimum Gasteiger partial charge on any atom is -0.507 e. The molecule has 0 aliphatic rings. The molecular weight excluding hydrogens is 510 g/mol. The minimum absolute atomic E-state index is 0.0100. The van der Waals surface area contributed by atoms with Crippen LogP contribution in [0.2, 0.25) is 0 Å². The second-order valence-corrected chi connectivity index (χ2v) is 10.2. The van der Waals surface area contributed by atoms with Crippen LogP contribution in [0, 0.1) is 6.92 Å². The number of nitrogens with one attached hydrogen (secondary N) is 2. The predicted molar refractivity (Wildman–Crippen MR) is 148 cm³/mol. The second-order valence-electron chi connectivity index (χ2n) is 9.88. The molecular formula is C27H43N3O7S. The molecule has 1 aromatic rings. The lowest BCUT2D eigenvalue weighted by molar-refractivity contribution is -0.144. The van der Waals surface area contributed by atoms with E-state index in [1.807, 2.05) is 6.92 Å². The van der Waals surface area contributed by atoms with Gasteiger partial charge in [-0.05, 0) is 46.6 Å². The molecule has 0 spiro atoms. The maximum atomic E-state index is 13.8. The number of phenolic OH excluding ortho intramolecular Hbond substituents is 1. The fourth-order valence-electron chi connectivity index (χ4n) is 3.70. The molecule has 0 radical (unpaired) electrons. The van der Waals surface area contributed by atoms with Gasteiger partial charge in [0.1, 0.15) is 23.4 Å². The van der Waals surface area contributed by atoms with Gasteiger partial charge in [-0.2, -0.15) is 12.6 Å². The highest BCUT2D eigenvalue weighted by atomic mass is 32.1. The van der Waals surface area contributed by atoms with Crippen LogP contribution in [0.1, 0.15) is 77.5 Å². The summed E-state index contributed by atoms with van der Waals surface area (Å²) >= 11 is 4.27. The van der Waals surface area contributed by atoms with E-state index < -0.39 is 41.6 Å². The molecule has 0 aliphatic heterocycles. The molecule has 0 heterocycles. The Labute approximate surface area is 231 Å². The summed E-state index contributed by atoms with van der Waals surface area (Å²) in [6.45, 7) is 10.9. The average Bonchev–Trinajstić information content (AvgIpc) is 2.83.